The van der Waals surface area contributed by atoms with Crippen molar-refractivity contribution in [2.45, 2.75) is 26.7 Å². The molecule has 0 atom stereocenters. The lowest BCUT2D eigenvalue weighted by Gasteiger charge is -2.36. The zero-order chi connectivity index (χ0) is 19.8. The number of aryl methyl sites for hydroxylation is 2. The van der Waals surface area contributed by atoms with Crippen LogP contribution in [0.2, 0.25) is 0 Å². The number of nitrogens with one attached hydrogen (secondary N) is 1. The Morgan fingerprint density at radius 2 is 1.62 bits per heavy atom. The fraction of sp³-hybridized carbons (Fsp3) is 0.435. The molecule has 5 nitrogen and oxygen atoms in total. The number of piperazine rings is 1. The van der Waals surface area contributed by atoms with Crippen molar-refractivity contribution in [2.75, 3.05) is 49.5 Å². The highest BCUT2D eigenvalue weighted by molar-refractivity contribution is 14.0. The van der Waals surface area contributed by atoms with Gasteiger partial charge in [-0.15, -0.1) is 24.0 Å². The largest absolute Gasteiger partial charge is 0.370 e. The summed E-state index contributed by atoms with van der Waals surface area (Å²) in [7, 11) is 0. The first kappa shape index (κ1) is 23.5. The molecule has 0 amide bonds. The topological polar surface area (TPSA) is 56.9 Å². The molecule has 0 unspecified atom stereocenters. The molecule has 29 heavy (non-hydrogen) atoms. The van der Waals surface area contributed by atoms with Crippen LogP contribution in [-0.2, 0) is 0 Å². The van der Waals surface area contributed by atoms with E-state index >= 15 is 0 Å². The molecule has 0 aromatic heterocycles. The number of para-hydroxylation sites is 1. The number of nitrogens with zero attached hydrogens (tertiary/aromatic N) is 3. The Labute approximate surface area is 192 Å². The molecule has 1 fully saturated rings. The lowest BCUT2D eigenvalue weighted by molar-refractivity contribution is 0.253. The molecule has 0 spiro atoms. The van der Waals surface area contributed by atoms with Crippen LogP contribution in [0.15, 0.2) is 53.5 Å². The number of hydrogen-bond acceptors (Lipinski definition) is 3. The first-order valence-electron chi connectivity index (χ1n) is 10.3. The normalized spacial score (nSPS) is 15.1. The molecule has 1 aliphatic rings. The van der Waals surface area contributed by atoms with Crippen molar-refractivity contribution < 1.29 is 0 Å². The monoisotopic (exact) mass is 507 g/mol. The summed E-state index contributed by atoms with van der Waals surface area (Å²) in [5, 5.41) is 3.20. The lowest BCUT2D eigenvalue weighted by Crippen LogP contribution is -2.46. The molecule has 0 aliphatic carbocycles. The molecule has 2 aromatic carbocycles. The minimum Gasteiger partial charge on any atom is -0.370 e. The van der Waals surface area contributed by atoms with Gasteiger partial charge >= 0.3 is 0 Å². The Balaban J connectivity index is 0.00000300. The van der Waals surface area contributed by atoms with Crippen molar-refractivity contribution in [2.24, 2.45) is 10.7 Å². The van der Waals surface area contributed by atoms with Gasteiger partial charge in [0.2, 0.25) is 0 Å². The van der Waals surface area contributed by atoms with Gasteiger partial charge in [-0.25, -0.2) is 0 Å². The first-order chi connectivity index (χ1) is 13.6. The molecule has 0 bridgehead atoms. The summed E-state index contributed by atoms with van der Waals surface area (Å²) in [4.78, 5) is 9.50. The Bertz CT molecular complexity index is 750. The van der Waals surface area contributed by atoms with Gasteiger partial charge in [0, 0.05) is 44.1 Å². The number of guanidine groups is 1. The first-order valence-corrected chi connectivity index (χ1v) is 10.3. The highest BCUT2D eigenvalue weighted by atomic mass is 127. The molecular weight excluding hydrogens is 473 g/mol. The van der Waals surface area contributed by atoms with E-state index in [4.69, 9.17) is 5.73 Å². The standard InChI is InChI=1S/C23H33N5.HI/c1-19-16-20(2)18-21(17-19)26-23(24)25-10-6-7-11-27-12-14-28(15-13-27)22-8-4-3-5-9-22;/h3-5,8-9,16-18H,6-7,10-15H2,1-2H3,(H3,24,25,26);1H. The fourth-order valence-electron chi connectivity index (χ4n) is 3.75. The van der Waals surface area contributed by atoms with Gasteiger partial charge < -0.3 is 16.0 Å². The molecule has 1 aliphatic heterocycles. The van der Waals surface area contributed by atoms with E-state index in [-0.39, 0.29) is 24.0 Å². The van der Waals surface area contributed by atoms with E-state index in [1.165, 1.54) is 16.8 Å². The van der Waals surface area contributed by atoms with Crippen molar-refractivity contribution in [1.29, 1.82) is 0 Å². The molecule has 0 radical (unpaired) electrons. The number of aliphatic imine (C=N–C) groups is 1. The summed E-state index contributed by atoms with van der Waals surface area (Å²) in [6.07, 6.45) is 2.22. The molecule has 0 saturated carbocycles. The van der Waals surface area contributed by atoms with Crippen LogP contribution in [0.3, 0.4) is 0 Å². The highest BCUT2D eigenvalue weighted by Gasteiger charge is 2.16. The average molecular weight is 507 g/mol. The number of benzene rings is 2. The van der Waals surface area contributed by atoms with E-state index < -0.39 is 0 Å². The quantitative estimate of drug-likeness (QED) is 0.255. The second kappa shape index (κ2) is 12.0. The molecule has 1 heterocycles. The van der Waals surface area contributed by atoms with Gasteiger partial charge in [0.1, 0.15) is 0 Å². The maximum absolute atomic E-state index is 6.02. The number of rotatable bonds is 7. The van der Waals surface area contributed by atoms with Gasteiger partial charge in [-0.05, 0) is 68.6 Å². The summed E-state index contributed by atoms with van der Waals surface area (Å²) in [5.74, 6) is 0.501. The third-order valence-corrected chi connectivity index (χ3v) is 5.15. The summed E-state index contributed by atoms with van der Waals surface area (Å²) >= 11 is 0. The van der Waals surface area contributed by atoms with Crippen LogP contribution in [0.1, 0.15) is 24.0 Å². The van der Waals surface area contributed by atoms with Gasteiger partial charge in [0.05, 0.1) is 0 Å². The van der Waals surface area contributed by atoms with Crippen LogP contribution in [0.25, 0.3) is 0 Å². The Morgan fingerprint density at radius 1 is 0.966 bits per heavy atom. The average Bonchev–Trinajstić information content (AvgIpc) is 2.68. The summed E-state index contributed by atoms with van der Waals surface area (Å²) in [6, 6.07) is 17.0. The van der Waals surface area contributed by atoms with Crippen molar-refractivity contribution in [3.63, 3.8) is 0 Å². The van der Waals surface area contributed by atoms with E-state index in [0.717, 1.165) is 57.8 Å². The smallest absolute Gasteiger partial charge is 0.193 e. The number of nitrogens with two attached hydrogens (primary N) is 1. The van der Waals surface area contributed by atoms with Gasteiger partial charge in [-0.1, -0.05) is 24.3 Å². The summed E-state index contributed by atoms with van der Waals surface area (Å²) in [6.45, 7) is 10.6. The zero-order valence-electron chi connectivity index (χ0n) is 17.6. The summed E-state index contributed by atoms with van der Waals surface area (Å²) < 4.78 is 0. The second-order valence-electron chi connectivity index (χ2n) is 7.64. The van der Waals surface area contributed by atoms with Crippen molar-refractivity contribution >= 4 is 41.3 Å². The zero-order valence-corrected chi connectivity index (χ0v) is 19.9. The van der Waals surface area contributed by atoms with Gasteiger partial charge in [0.15, 0.2) is 5.96 Å². The van der Waals surface area contributed by atoms with Gasteiger partial charge in [-0.3, -0.25) is 9.89 Å². The van der Waals surface area contributed by atoms with E-state index in [0.29, 0.717) is 5.96 Å². The second-order valence-corrected chi connectivity index (χ2v) is 7.64. The summed E-state index contributed by atoms with van der Waals surface area (Å²) in [5.41, 5.74) is 10.8. The molecule has 2 aromatic rings. The Morgan fingerprint density at radius 3 is 2.28 bits per heavy atom. The number of unbranched alkanes of at least 4 members (excludes halogenated alkanes) is 1. The predicted molar refractivity (Wildman–Crippen MR) is 136 cm³/mol. The molecule has 6 heteroatoms. The van der Waals surface area contributed by atoms with Gasteiger partial charge in [0.25, 0.3) is 0 Å². The van der Waals surface area contributed by atoms with Crippen LogP contribution in [0.5, 0.6) is 0 Å². The van der Waals surface area contributed by atoms with Crippen molar-refractivity contribution in [1.82, 2.24) is 4.90 Å². The third-order valence-electron chi connectivity index (χ3n) is 5.15. The van der Waals surface area contributed by atoms with E-state index in [2.05, 4.69) is 82.5 Å². The SMILES string of the molecule is Cc1cc(C)cc(NC(N)=NCCCCN2CCN(c3ccccc3)CC2)c1.I. The predicted octanol–water partition coefficient (Wildman–Crippen LogP) is 4.25. The van der Waals surface area contributed by atoms with Crippen LogP contribution >= 0.6 is 24.0 Å². The van der Waals surface area contributed by atoms with Crippen LogP contribution in [0, 0.1) is 13.8 Å². The van der Waals surface area contributed by atoms with E-state index in [1.807, 2.05) is 0 Å². The number of anilines is 2. The number of halogens is 1. The van der Waals surface area contributed by atoms with Gasteiger partial charge in [-0.2, -0.15) is 0 Å². The Kier molecular flexibility index (Phi) is 9.73. The van der Waals surface area contributed by atoms with Crippen molar-refractivity contribution in [3.05, 3.63) is 59.7 Å². The lowest BCUT2D eigenvalue weighted by atomic mass is 10.1. The van der Waals surface area contributed by atoms with E-state index in [9.17, 15) is 0 Å². The maximum Gasteiger partial charge on any atom is 0.193 e. The highest BCUT2D eigenvalue weighted by Crippen LogP contribution is 2.16. The third kappa shape index (κ3) is 7.85. The molecule has 1 saturated heterocycles. The molecule has 158 valence electrons. The molecule has 3 rings (SSSR count). The van der Waals surface area contributed by atoms with E-state index in [1.54, 1.807) is 0 Å². The minimum absolute atomic E-state index is 0. The van der Waals surface area contributed by atoms with Crippen molar-refractivity contribution in [3.8, 4) is 0 Å². The maximum atomic E-state index is 6.02. The number of hydrogen-bond donors (Lipinski definition) is 2. The van der Waals surface area contributed by atoms with Crippen LogP contribution < -0.4 is 16.0 Å². The Hall–Kier alpha value is -1.80. The van der Waals surface area contributed by atoms with Crippen LogP contribution in [-0.4, -0.2) is 50.1 Å². The molecular formula is C23H34IN5. The minimum atomic E-state index is 0. The fourth-order valence-corrected chi connectivity index (χ4v) is 3.75. The van der Waals surface area contributed by atoms with Crippen LogP contribution in [0.4, 0.5) is 11.4 Å². The molecule has 3 N–H and O–H groups in total.